The molecule has 15 heteroatoms. The van der Waals surface area contributed by atoms with Crippen LogP contribution in [0.2, 0.25) is 0 Å². The maximum atomic E-state index is 14.0. The number of carbonyl (C=O) groups is 5. The SMILES string of the molecule is CC(=O)N(C(=O)C(C)N)c1ccc(-c2ccc(CN(C(=O)C(N)c3ccc(O)cc3)[C@@H]3C(=O)N4[C@@H]3SC(C)(C)[C@@H]4C(=O)O)c(=O)[nH]2)cc1. The van der Waals surface area contributed by atoms with Crippen molar-refractivity contribution in [1.82, 2.24) is 14.8 Å². The van der Waals surface area contributed by atoms with Crippen LogP contribution in [-0.2, 0) is 30.5 Å². The van der Waals surface area contributed by atoms with Crippen LogP contribution in [0.15, 0.2) is 65.5 Å². The van der Waals surface area contributed by atoms with Crippen molar-refractivity contribution < 1.29 is 34.2 Å². The summed E-state index contributed by atoms with van der Waals surface area (Å²) in [5.41, 5.74) is 13.3. The van der Waals surface area contributed by atoms with Crippen LogP contribution in [0, 0.1) is 0 Å². The van der Waals surface area contributed by atoms with Gasteiger partial charge in [-0.1, -0.05) is 24.3 Å². The fourth-order valence-electron chi connectivity index (χ4n) is 6.03. The Labute approximate surface area is 279 Å². The number of aromatic nitrogens is 1. The Balaban J connectivity index is 1.45. The molecule has 0 bridgehead atoms. The van der Waals surface area contributed by atoms with E-state index >= 15 is 0 Å². The van der Waals surface area contributed by atoms with Crippen LogP contribution < -0.4 is 21.9 Å². The van der Waals surface area contributed by atoms with Gasteiger partial charge in [-0.05, 0) is 68.3 Å². The van der Waals surface area contributed by atoms with Crippen LogP contribution in [-0.4, -0.2) is 82.8 Å². The summed E-state index contributed by atoms with van der Waals surface area (Å²) in [5.74, 6) is -3.48. The van der Waals surface area contributed by atoms with Crippen LogP contribution in [0.3, 0.4) is 0 Å². The highest BCUT2D eigenvalue weighted by Crippen LogP contribution is 2.52. The van der Waals surface area contributed by atoms with E-state index in [-0.39, 0.29) is 17.9 Å². The Hall–Kier alpha value is -4.99. The molecule has 3 heterocycles. The zero-order chi connectivity index (χ0) is 35.2. The average molecular weight is 677 g/mol. The van der Waals surface area contributed by atoms with Crippen LogP contribution in [0.1, 0.15) is 44.9 Å². The highest BCUT2D eigenvalue weighted by Gasteiger charge is 2.66. The number of amides is 4. The van der Waals surface area contributed by atoms with Gasteiger partial charge in [0.1, 0.15) is 29.2 Å². The van der Waals surface area contributed by atoms with Gasteiger partial charge in [0.25, 0.3) is 5.56 Å². The molecule has 0 aliphatic carbocycles. The largest absolute Gasteiger partial charge is 0.508 e. The Bertz CT molecular complexity index is 1840. The molecule has 2 aliphatic heterocycles. The highest BCUT2D eigenvalue weighted by molar-refractivity contribution is 8.01. The number of aliphatic carboxylic acids is 1. The number of aromatic amines is 1. The fraction of sp³-hybridized carbons (Fsp3) is 0.333. The monoisotopic (exact) mass is 676 g/mol. The zero-order valence-corrected chi connectivity index (χ0v) is 27.4. The number of benzene rings is 2. The molecule has 2 fully saturated rings. The summed E-state index contributed by atoms with van der Waals surface area (Å²) in [5, 5.41) is 18.9. The van der Waals surface area contributed by atoms with Gasteiger partial charge < -0.3 is 36.5 Å². The molecule has 5 atom stereocenters. The minimum absolute atomic E-state index is 0.0274. The van der Waals surface area contributed by atoms with Gasteiger partial charge in [-0.3, -0.25) is 24.0 Å². The second kappa shape index (κ2) is 12.9. The van der Waals surface area contributed by atoms with Crippen LogP contribution in [0.4, 0.5) is 5.69 Å². The molecule has 14 nitrogen and oxygen atoms in total. The van der Waals surface area contributed by atoms with Crippen molar-refractivity contribution in [2.45, 2.75) is 68.5 Å². The van der Waals surface area contributed by atoms with E-state index in [0.717, 1.165) is 4.90 Å². The summed E-state index contributed by atoms with van der Waals surface area (Å²) in [6, 6.07) is 10.9. The minimum atomic E-state index is -1.25. The van der Waals surface area contributed by atoms with Gasteiger partial charge in [0.05, 0.1) is 18.3 Å². The lowest BCUT2D eigenvalue weighted by atomic mass is 9.94. The Kier molecular flexibility index (Phi) is 9.23. The number of carboxylic acids is 1. The van der Waals surface area contributed by atoms with E-state index in [9.17, 15) is 39.0 Å². The number of anilines is 1. The number of nitrogens with one attached hydrogen (secondary N) is 1. The van der Waals surface area contributed by atoms with Crippen molar-refractivity contribution in [1.29, 1.82) is 0 Å². The summed E-state index contributed by atoms with van der Waals surface area (Å²) in [6.07, 6.45) is 0. The molecular weight excluding hydrogens is 640 g/mol. The summed E-state index contributed by atoms with van der Waals surface area (Å²) in [7, 11) is 0. The van der Waals surface area contributed by atoms with E-state index in [1.165, 1.54) is 65.7 Å². The Morgan fingerprint density at radius 2 is 1.60 bits per heavy atom. The zero-order valence-electron chi connectivity index (χ0n) is 26.6. The molecule has 5 rings (SSSR count). The molecule has 252 valence electrons. The second-order valence-corrected chi connectivity index (χ2v) is 14.1. The lowest BCUT2D eigenvalue weighted by Gasteiger charge is -2.48. The molecule has 2 aliphatic rings. The first-order valence-corrected chi connectivity index (χ1v) is 15.9. The molecular formula is C33H36N6O8S. The summed E-state index contributed by atoms with van der Waals surface area (Å²) in [6.45, 7) is 5.87. The molecule has 2 saturated heterocycles. The number of carbonyl (C=O) groups excluding carboxylic acids is 4. The normalized spacial score (nSPS) is 20.7. The molecule has 0 saturated carbocycles. The molecule has 7 N–H and O–H groups in total. The number of phenolic OH excluding ortho intramolecular Hbond substituents is 1. The fourth-order valence-corrected chi connectivity index (χ4v) is 7.73. The number of imide groups is 1. The van der Waals surface area contributed by atoms with Crippen LogP contribution in [0.25, 0.3) is 11.3 Å². The van der Waals surface area contributed by atoms with Crippen LogP contribution in [0.5, 0.6) is 5.75 Å². The van der Waals surface area contributed by atoms with Gasteiger partial charge in [0, 0.05) is 22.9 Å². The third-order valence-corrected chi connectivity index (χ3v) is 10.0. The van der Waals surface area contributed by atoms with Crippen molar-refractivity contribution in [3.05, 3.63) is 82.1 Å². The standard InChI is InChI=1S/C33H36N6O8S/c1-16(34)28(43)38(17(2)40)21-10-5-18(6-11-21)23-14-9-20(27(42)36-23)15-37(29(44)24(35)19-7-12-22(41)13-8-19)25-30(45)39-26(32(46)47)33(3,4)48-31(25)39/h5-14,16,24-26,31,41H,15,34-35H2,1-4H3,(H,36,42)(H,46,47)/t16?,24?,25-,26+,31-/m1/s1. The minimum Gasteiger partial charge on any atom is -0.508 e. The number of thioether (sulfide) groups is 1. The maximum Gasteiger partial charge on any atom is 0.327 e. The quantitative estimate of drug-likeness (QED) is 0.205. The molecule has 1 aromatic heterocycles. The molecule has 4 amide bonds. The number of rotatable bonds is 9. The first kappa shape index (κ1) is 34.3. The van der Waals surface area contributed by atoms with E-state index in [0.29, 0.717) is 22.5 Å². The smallest absolute Gasteiger partial charge is 0.327 e. The van der Waals surface area contributed by atoms with Crippen molar-refractivity contribution in [3.8, 4) is 17.0 Å². The molecule has 0 spiro atoms. The molecule has 48 heavy (non-hydrogen) atoms. The molecule has 2 unspecified atom stereocenters. The van der Waals surface area contributed by atoms with Gasteiger partial charge in [-0.25, -0.2) is 9.69 Å². The second-order valence-electron chi connectivity index (χ2n) is 12.3. The van der Waals surface area contributed by atoms with Crippen molar-refractivity contribution in [2.24, 2.45) is 11.5 Å². The van der Waals surface area contributed by atoms with E-state index in [4.69, 9.17) is 11.5 Å². The average Bonchev–Trinajstić information content (AvgIpc) is 3.28. The number of nitrogens with two attached hydrogens (primary N) is 2. The van der Waals surface area contributed by atoms with E-state index in [2.05, 4.69) is 4.98 Å². The van der Waals surface area contributed by atoms with Gasteiger partial charge in [0.2, 0.25) is 23.6 Å². The number of pyridine rings is 1. The highest BCUT2D eigenvalue weighted by atomic mass is 32.2. The van der Waals surface area contributed by atoms with Crippen molar-refractivity contribution in [3.63, 3.8) is 0 Å². The van der Waals surface area contributed by atoms with Gasteiger partial charge >= 0.3 is 5.97 Å². The van der Waals surface area contributed by atoms with E-state index in [1.54, 1.807) is 44.2 Å². The first-order valence-electron chi connectivity index (χ1n) is 15.0. The number of hydrogen-bond donors (Lipinski definition) is 5. The predicted octanol–water partition coefficient (Wildman–Crippen LogP) is 1.52. The third-order valence-electron chi connectivity index (χ3n) is 8.48. The van der Waals surface area contributed by atoms with Gasteiger partial charge in [-0.2, -0.15) is 0 Å². The Morgan fingerprint density at radius 3 is 2.15 bits per heavy atom. The summed E-state index contributed by atoms with van der Waals surface area (Å²) >= 11 is 1.26. The molecule has 0 radical (unpaired) electrons. The topological polar surface area (TPSA) is 220 Å². The number of fused-ring (bicyclic) bond motifs is 1. The lowest BCUT2D eigenvalue weighted by Crippen LogP contribution is -2.71. The van der Waals surface area contributed by atoms with E-state index < -0.39 is 69.4 Å². The molecule has 2 aromatic carbocycles. The number of nitrogens with zero attached hydrogens (tertiary/aromatic N) is 3. The third kappa shape index (κ3) is 6.19. The number of phenols is 1. The van der Waals surface area contributed by atoms with Crippen molar-refractivity contribution in [2.75, 3.05) is 4.90 Å². The van der Waals surface area contributed by atoms with Gasteiger partial charge in [-0.15, -0.1) is 11.8 Å². The maximum absolute atomic E-state index is 14.0. The number of hydrogen-bond acceptors (Lipinski definition) is 10. The number of carboxylic acid groups (broad SMARTS) is 1. The van der Waals surface area contributed by atoms with Crippen LogP contribution >= 0.6 is 11.8 Å². The molecule has 3 aromatic rings. The Morgan fingerprint density at radius 1 is 0.979 bits per heavy atom. The van der Waals surface area contributed by atoms with Crippen molar-refractivity contribution >= 4 is 47.0 Å². The van der Waals surface area contributed by atoms with Gasteiger partial charge in [0.15, 0.2) is 0 Å². The van der Waals surface area contributed by atoms with E-state index in [1.807, 2.05) is 0 Å². The number of aromatic hydroxyl groups is 1. The predicted molar refractivity (Wildman–Crippen MR) is 177 cm³/mol. The number of β-lactam (4-membered cyclic amide) rings is 1. The summed E-state index contributed by atoms with van der Waals surface area (Å²) < 4.78 is -0.847. The first-order chi connectivity index (χ1) is 22.5. The number of H-pyrrole nitrogens is 1. The summed E-state index contributed by atoms with van der Waals surface area (Å²) in [4.78, 5) is 83.9. The lowest BCUT2D eigenvalue weighted by molar-refractivity contribution is -0.169.